The van der Waals surface area contributed by atoms with E-state index in [1.807, 2.05) is 24.3 Å². The molecule has 3 aromatic rings. The maximum absolute atomic E-state index is 12.9. The van der Waals surface area contributed by atoms with Gasteiger partial charge in [0, 0.05) is 16.1 Å². The van der Waals surface area contributed by atoms with Crippen LogP contribution < -0.4 is 5.32 Å². The molecule has 0 unspecified atom stereocenters. The van der Waals surface area contributed by atoms with Crippen molar-refractivity contribution in [3.63, 3.8) is 0 Å². The number of hydrogen-bond donors (Lipinski definition) is 1. The first kappa shape index (κ1) is 21.7. The molecule has 1 N–H and O–H groups in total. The Morgan fingerprint density at radius 1 is 1.13 bits per heavy atom. The van der Waals surface area contributed by atoms with Crippen molar-refractivity contribution in [3.8, 4) is 17.4 Å². The van der Waals surface area contributed by atoms with E-state index in [-0.39, 0.29) is 22.0 Å². The number of anilines is 1. The number of amides is 1. The van der Waals surface area contributed by atoms with E-state index in [1.54, 1.807) is 18.2 Å². The van der Waals surface area contributed by atoms with E-state index in [0.29, 0.717) is 11.8 Å². The van der Waals surface area contributed by atoms with Crippen LogP contribution in [0.4, 0.5) is 18.9 Å². The van der Waals surface area contributed by atoms with E-state index in [0.717, 1.165) is 22.2 Å². The standard InChI is InChI=1S/C21H11BrClF3N2O2/c22-15-4-1-12(2-5-15)19-8-6-16(30-19)9-13(11-27)20(29)28-18-10-14(21(24,25)26)3-7-17(18)23/h1-10H,(H,28,29). The predicted octanol–water partition coefficient (Wildman–Crippen LogP) is 6.93. The second-order valence-electron chi connectivity index (χ2n) is 6.03. The zero-order chi connectivity index (χ0) is 21.9. The molecule has 0 fully saturated rings. The molecule has 0 aliphatic carbocycles. The lowest BCUT2D eigenvalue weighted by Gasteiger charge is -2.11. The average Bonchev–Trinajstić information content (AvgIpc) is 3.16. The minimum Gasteiger partial charge on any atom is -0.457 e. The van der Waals surface area contributed by atoms with Crippen molar-refractivity contribution in [2.45, 2.75) is 6.18 Å². The molecule has 30 heavy (non-hydrogen) atoms. The number of halogens is 5. The maximum atomic E-state index is 12.9. The van der Waals surface area contributed by atoms with Crippen molar-refractivity contribution in [2.75, 3.05) is 5.32 Å². The summed E-state index contributed by atoms with van der Waals surface area (Å²) in [6, 6.07) is 14.8. The summed E-state index contributed by atoms with van der Waals surface area (Å²) in [4.78, 5) is 12.4. The molecule has 1 heterocycles. The molecule has 0 radical (unpaired) electrons. The fraction of sp³-hybridized carbons (Fsp3) is 0.0476. The van der Waals surface area contributed by atoms with Crippen LogP contribution in [0.25, 0.3) is 17.4 Å². The Bertz CT molecular complexity index is 1160. The molecule has 0 saturated heterocycles. The Morgan fingerprint density at radius 3 is 2.47 bits per heavy atom. The molecule has 0 aliphatic rings. The minimum absolute atomic E-state index is 0.0934. The van der Waals surface area contributed by atoms with Crippen molar-refractivity contribution >= 4 is 45.2 Å². The molecule has 2 aromatic carbocycles. The highest BCUT2D eigenvalue weighted by molar-refractivity contribution is 9.10. The van der Waals surface area contributed by atoms with Gasteiger partial charge in [0.25, 0.3) is 5.91 Å². The Kier molecular flexibility index (Phi) is 6.34. The molecule has 0 saturated carbocycles. The number of furan rings is 1. The van der Waals surface area contributed by atoms with E-state index < -0.39 is 17.6 Å². The van der Waals surface area contributed by atoms with Crippen LogP contribution in [0.3, 0.4) is 0 Å². The largest absolute Gasteiger partial charge is 0.457 e. The lowest BCUT2D eigenvalue weighted by molar-refractivity contribution is -0.137. The van der Waals surface area contributed by atoms with Crippen LogP contribution in [0.15, 0.2) is 69.1 Å². The Labute approximate surface area is 182 Å². The Hall–Kier alpha value is -3.02. The fourth-order valence-electron chi connectivity index (χ4n) is 2.48. The summed E-state index contributed by atoms with van der Waals surface area (Å²) < 4.78 is 45.2. The Morgan fingerprint density at radius 2 is 1.83 bits per heavy atom. The van der Waals surface area contributed by atoms with Crippen LogP contribution in [0.2, 0.25) is 5.02 Å². The number of alkyl halides is 3. The summed E-state index contributed by atoms with van der Waals surface area (Å²) >= 11 is 9.21. The highest BCUT2D eigenvalue weighted by Gasteiger charge is 2.31. The number of carbonyl (C=O) groups excluding carboxylic acids is 1. The van der Waals surface area contributed by atoms with E-state index >= 15 is 0 Å². The van der Waals surface area contributed by atoms with Crippen LogP contribution in [0.5, 0.6) is 0 Å². The fourth-order valence-corrected chi connectivity index (χ4v) is 2.91. The second kappa shape index (κ2) is 8.78. The van der Waals surface area contributed by atoms with Gasteiger partial charge in [-0.05, 0) is 42.5 Å². The minimum atomic E-state index is -4.60. The summed E-state index contributed by atoms with van der Waals surface area (Å²) in [6.45, 7) is 0. The quantitative estimate of drug-likeness (QED) is 0.315. The van der Waals surface area contributed by atoms with Crippen molar-refractivity contribution < 1.29 is 22.4 Å². The van der Waals surface area contributed by atoms with Crippen molar-refractivity contribution in [2.24, 2.45) is 0 Å². The number of rotatable bonds is 4. The van der Waals surface area contributed by atoms with Gasteiger partial charge in [0.1, 0.15) is 23.2 Å². The SMILES string of the molecule is N#CC(=Cc1ccc(-c2ccc(Br)cc2)o1)C(=O)Nc1cc(C(F)(F)F)ccc1Cl. The van der Waals surface area contributed by atoms with Gasteiger partial charge in [-0.2, -0.15) is 18.4 Å². The first-order valence-corrected chi connectivity index (χ1v) is 9.50. The first-order valence-electron chi connectivity index (χ1n) is 8.33. The zero-order valence-corrected chi connectivity index (χ0v) is 17.3. The molecule has 0 aliphatic heterocycles. The van der Waals surface area contributed by atoms with Gasteiger partial charge in [0.2, 0.25) is 0 Å². The van der Waals surface area contributed by atoms with E-state index in [4.69, 9.17) is 16.0 Å². The number of carbonyl (C=O) groups is 1. The lowest BCUT2D eigenvalue weighted by atomic mass is 10.1. The van der Waals surface area contributed by atoms with E-state index in [9.17, 15) is 23.2 Å². The van der Waals surface area contributed by atoms with Crippen molar-refractivity contribution in [3.05, 3.63) is 81.0 Å². The van der Waals surface area contributed by atoms with Gasteiger partial charge in [0.15, 0.2) is 0 Å². The highest BCUT2D eigenvalue weighted by atomic mass is 79.9. The van der Waals surface area contributed by atoms with Gasteiger partial charge in [-0.1, -0.05) is 39.7 Å². The van der Waals surface area contributed by atoms with E-state index in [1.165, 1.54) is 6.08 Å². The van der Waals surface area contributed by atoms with Gasteiger partial charge in [-0.15, -0.1) is 0 Å². The molecule has 4 nitrogen and oxygen atoms in total. The van der Waals surface area contributed by atoms with Gasteiger partial charge >= 0.3 is 6.18 Å². The average molecular weight is 496 g/mol. The molecular formula is C21H11BrClF3N2O2. The molecular weight excluding hydrogens is 485 g/mol. The summed E-state index contributed by atoms with van der Waals surface area (Å²) in [5.74, 6) is -0.164. The number of benzene rings is 2. The predicted molar refractivity (Wildman–Crippen MR) is 111 cm³/mol. The maximum Gasteiger partial charge on any atom is 0.416 e. The van der Waals surface area contributed by atoms with Crippen LogP contribution in [0, 0.1) is 11.3 Å². The molecule has 0 spiro atoms. The molecule has 152 valence electrons. The van der Waals surface area contributed by atoms with Crippen LogP contribution >= 0.6 is 27.5 Å². The van der Waals surface area contributed by atoms with Gasteiger partial charge in [0.05, 0.1) is 16.3 Å². The summed E-state index contributed by atoms with van der Waals surface area (Å²) in [5, 5.41) is 11.4. The molecule has 0 bridgehead atoms. The normalized spacial score (nSPS) is 11.8. The van der Waals surface area contributed by atoms with Gasteiger partial charge < -0.3 is 9.73 Å². The number of nitrogens with one attached hydrogen (secondary N) is 1. The first-order chi connectivity index (χ1) is 14.2. The monoisotopic (exact) mass is 494 g/mol. The van der Waals surface area contributed by atoms with Gasteiger partial charge in [-0.3, -0.25) is 4.79 Å². The molecule has 9 heteroatoms. The topological polar surface area (TPSA) is 66.0 Å². The summed E-state index contributed by atoms with van der Waals surface area (Å²) in [5.41, 5.74) is -0.806. The zero-order valence-electron chi connectivity index (χ0n) is 14.9. The van der Waals surface area contributed by atoms with Crippen molar-refractivity contribution in [1.29, 1.82) is 5.26 Å². The van der Waals surface area contributed by atoms with Crippen LogP contribution in [-0.2, 0) is 11.0 Å². The third-order valence-electron chi connectivity index (χ3n) is 3.95. The number of nitriles is 1. The second-order valence-corrected chi connectivity index (χ2v) is 7.35. The lowest BCUT2D eigenvalue weighted by Crippen LogP contribution is -2.15. The highest BCUT2D eigenvalue weighted by Crippen LogP contribution is 2.34. The van der Waals surface area contributed by atoms with Crippen molar-refractivity contribution in [1.82, 2.24) is 0 Å². The third kappa shape index (κ3) is 5.12. The van der Waals surface area contributed by atoms with E-state index in [2.05, 4.69) is 21.2 Å². The molecule has 1 amide bonds. The molecule has 3 rings (SSSR count). The van der Waals surface area contributed by atoms with Crippen LogP contribution in [0.1, 0.15) is 11.3 Å². The summed E-state index contributed by atoms with van der Waals surface area (Å²) in [7, 11) is 0. The smallest absolute Gasteiger partial charge is 0.416 e. The molecule has 0 atom stereocenters. The van der Waals surface area contributed by atoms with Gasteiger partial charge in [-0.25, -0.2) is 0 Å². The molecule has 1 aromatic heterocycles. The third-order valence-corrected chi connectivity index (χ3v) is 4.81. The summed E-state index contributed by atoms with van der Waals surface area (Å²) in [6.07, 6.45) is -3.41. The number of nitrogens with zero attached hydrogens (tertiary/aromatic N) is 1. The van der Waals surface area contributed by atoms with Crippen LogP contribution in [-0.4, -0.2) is 5.91 Å². The number of hydrogen-bond acceptors (Lipinski definition) is 3. The Balaban J connectivity index is 1.83.